The van der Waals surface area contributed by atoms with E-state index in [4.69, 9.17) is 10.5 Å². The predicted molar refractivity (Wildman–Crippen MR) is 82.9 cm³/mol. The average Bonchev–Trinajstić information content (AvgIpc) is 2.52. The summed E-state index contributed by atoms with van der Waals surface area (Å²) in [6.07, 6.45) is 1.95. The molecule has 1 aromatic carbocycles. The van der Waals surface area contributed by atoms with E-state index in [1.54, 1.807) is 6.07 Å². The van der Waals surface area contributed by atoms with E-state index in [0.29, 0.717) is 12.1 Å². The van der Waals surface area contributed by atoms with Crippen molar-refractivity contribution in [2.45, 2.75) is 19.8 Å². The van der Waals surface area contributed by atoms with Crippen LogP contribution in [0.2, 0.25) is 0 Å². The van der Waals surface area contributed by atoms with Crippen LogP contribution in [0.1, 0.15) is 35.7 Å². The molecule has 21 heavy (non-hydrogen) atoms. The number of rotatable bonds is 3. The van der Waals surface area contributed by atoms with Crippen molar-refractivity contribution in [2.24, 2.45) is 11.1 Å². The largest absolute Gasteiger partial charge is 0.381 e. The normalized spacial score (nSPS) is 16.7. The Balaban J connectivity index is 2.03. The molecular weight excluding hydrogens is 264 g/mol. The van der Waals surface area contributed by atoms with Crippen molar-refractivity contribution in [1.82, 2.24) is 5.32 Å². The molecule has 0 aliphatic carbocycles. The summed E-state index contributed by atoms with van der Waals surface area (Å²) in [5, 5.41) is 3.03. The van der Waals surface area contributed by atoms with Gasteiger partial charge in [-0.15, -0.1) is 0 Å². The van der Waals surface area contributed by atoms with Gasteiger partial charge in [0.15, 0.2) is 0 Å². The molecule has 0 unspecified atom stereocenters. The van der Waals surface area contributed by atoms with Crippen molar-refractivity contribution in [1.29, 1.82) is 0 Å². The summed E-state index contributed by atoms with van der Waals surface area (Å²) >= 11 is 0. The molecule has 0 bridgehead atoms. The Kier molecular flexibility index (Phi) is 5.38. The minimum absolute atomic E-state index is 0.0790. The summed E-state index contributed by atoms with van der Waals surface area (Å²) in [5.41, 5.74) is 6.83. The van der Waals surface area contributed by atoms with Crippen molar-refractivity contribution in [3.05, 3.63) is 35.4 Å². The minimum atomic E-state index is -0.0790. The first-order valence-corrected chi connectivity index (χ1v) is 7.28. The Morgan fingerprint density at radius 1 is 1.38 bits per heavy atom. The SMILES string of the molecule is CC1(CNC(=O)c2ccccc2C#CCN)CCOCC1. The number of hydrogen-bond donors (Lipinski definition) is 2. The van der Waals surface area contributed by atoms with Gasteiger partial charge in [-0.1, -0.05) is 30.9 Å². The molecule has 3 N–H and O–H groups in total. The molecule has 112 valence electrons. The molecule has 0 spiro atoms. The monoisotopic (exact) mass is 286 g/mol. The van der Waals surface area contributed by atoms with E-state index >= 15 is 0 Å². The second-order valence-electron chi connectivity index (χ2n) is 5.66. The quantitative estimate of drug-likeness (QED) is 0.829. The average molecular weight is 286 g/mol. The lowest BCUT2D eigenvalue weighted by Crippen LogP contribution is -2.39. The molecule has 0 saturated carbocycles. The van der Waals surface area contributed by atoms with Crippen molar-refractivity contribution in [3.63, 3.8) is 0 Å². The van der Waals surface area contributed by atoms with Gasteiger partial charge in [0.2, 0.25) is 0 Å². The Hall–Kier alpha value is -1.83. The first-order chi connectivity index (χ1) is 10.1. The summed E-state index contributed by atoms with van der Waals surface area (Å²) in [6, 6.07) is 7.35. The zero-order valence-corrected chi connectivity index (χ0v) is 12.4. The van der Waals surface area contributed by atoms with Crippen LogP contribution in [0.5, 0.6) is 0 Å². The number of carbonyl (C=O) groups excluding carboxylic acids is 1. The highest BCUT2D eigenvalue weighted by atomic mass is 16.5. The van der Waals surface area contributed by atoms with Crippen LogP contribution in [0, 0.1) is 17.3 Å². The molecular formula is C17H22N2O2. The van der Waals surface area contributed by atoms with Crippen LogP contribution in [0.15, 0.2) is 24.3 Å². The topological polar surface area (TPSA) is 64.4 Å². The van der Waals surface area contributed by atoms with E-state index in [0.717, 1.165) is 31.6 Å². The van der Waals surface area contributed by atoms with E-state index < -0.39 is 0 Å². The summed E-state index contributed by atoms with van der Waals surface area (Å²) in [4.78, 5) is 12.4. The summed E-state index contributed by atoms with van der Waals surface area (Å²) < 4.78 is 5.38. The van der Waals surface area contributed by atoms with Crippen molar-refractivity contribution in [2.75, 3.05) is 26.3 Å². The number of hydrogen-bond acceptors (Lipinski definition) is 3. The van der Waals surface area contributed by atoms with Crippen molar-refractivity contribution < 1.29 is 9.53 Å². The van der Waals surface area contributed by atoms with Crippen LogP contribution in [0.3, 0.4) is 0 Å². The fourth-order valence-electron chi connectivity index (χ4n) is 2.37. The first-order valence-electron chi connectivity index (χ1n) is 7.28. The van der Waals surface area contributed by atoms with Gasteiger partial charge < -0.3 is 15.8 Å². The van der Waals surface area contributed by atoms with Gasteiger partial charge in [0, 0.05) is 25.3 Å². The maximum absolute atomic E-state index is 12.4. The lowest BCUT2D eigenvalue weighted by atomic mass is 9.82. The van der Waals surface area contributed by atoms with Crippen LogP contribution in [0.25, 0.3) is 0 Å². The standard InChI is InChI=1S/C17H22N2O2/c1-17(8-11-21-12-9-17)13-19-16(20)15-7-3-2-5-14(15)6-4-10-18/h2-3,5,7H,8-13,18H2,1H3,(H,19,20). The van der Waals surface area contributed by atoms with Gasteiger partial charge in [-0.2, -0.15) is 0 Å². The number of amides is 1. The van der Waals surface area contributed by atoms with Gasteiger partial charge in [-0.05, 0) is 30.4 Å². The van der Waals surface area contributed by atoms with E-state index in [1.165, 1.54) is 0 Å². The van der Waals surface area contributed by atoms with Crippen LogP contribution in [-0.4, -0.2) is 32.2 Å². The van der Waals surface area contributed by atoms with Gasteiger partial charge in [-0.3, -0.25) is 4.79 Å². The van der Waals surface area contributed by atoms with E-state index in [1.807, 2.05) is 18.2 Å². The highest BCUT2D eigenvalue weighted by Crippen LogP contribution is 2.28. The van der Waals surface area contributed by atoms with Crippen molar-refractivity contribution in [3.8, 4) is 11.8 Å². The van der Waals surface area contributed by atoms with Crippen LogP contribution < -0.4 is 11.1 Å². The number of benzene rings is 1. The third-order valence-electron chi connectivity index (χ3n) is 3.87. The maximum atomic E-state index is 12.4. The highest BCUT2D eigenvalue weighted by Gasteiger charge is 2.28. The Bertz CT molecular complexity index is 551. The van der Waals surface area contributed by atoms with Gasteiger partial charge in [0.25, 0.3) is 5.91 Å². The van der Waals surface area contributed by atoms with E-state index in [9.17, 15) is 4.79 Å². The Morgan fingerprint density at radius 3 is 2.81 bits per heavy atom. The van der Waals surface area contributed by atoms with Gasteiger partial charge in [0.05, 0.1) is 12.1 Å². The lowest BCUT2D eigenvalue weighted by molar-refractivity contribution is 0.0238. The number of carbonyl (C=O) groups is 1. The molecule has 1 amide bonds. The Labute approximate surface area is 126 Å². The highest BCUT2D eigenvalue weighted by molar-refractivity contribution is 5.96. The smallest absolute Gasteiger partial charge is 0.252 e. The fraction of sp³-hybridized carbons (Fsp3) is 0.471. The molecule has 1 fully saturated rings. The zero-order valence-electron chi connectivity index (χ0n) is 12.4. The molecule has 0 radical (unpaired) electrons. The van der Waals surface area contributed by atoms with Gasteiger partial charge >= 0.3 is 0 Å². The van der Waals surface area contributed by atoms with Crippen LogP contribution in [0.4, 0.5) is 0 Å². The molecule has 1 aromatic rings. The summed E-state index contributed by atoms with van der Waals surface area (Å²) in [7, 11) is 0. The molecule has 2 rings (SSSR count). The molecule has 0 aromatic heterocycles. The molecule has 1 aliphatic rings. The summed E-state index contributed by atoms with van der Waals surface area (Å²) in [5.74, 6) is 5.66. The van der Waals surface area contributed by atoms with Crippen LogP contribution >= 0.6 is 0 Å². The molecule has 4 heteroatoms. The zero-order chi connectivity index (χ0) is 15.1. The molecule has 1 saturated heterocycles. The third kappa shape index (κ3) is 4.32. The van der Waals surface area contributed by atoms with Gasteiger partial charge in [0.1, 0.15) is 0 Å². The van der Waals surface area contributed by atoms with E-state index in [2.05, 4.69) is 24.1 Å². The maximum Gasteiger partial charge on any atom is 0.252 e. The van der Waals surface area contributed by atoms with Gasteiger partial charge in [-0.25, -0.2) is 0 Å². The van der Waals surface area contributed by atoms with E-state index in [-0.39, 0.29) is 17.9 Å². The first kappa shape index (κ1) is 15.6. The predicted octanol–water partition coefficient (Wildman–Crippen LogP) is 1.54. The molecule has 1 heterocycles. The van der Waals surface area contributed by atoms with Crippen molar-refractivity contribution >= 4 is 5.91 Å². The second-order valence-corrected chi connectivity index (χ2v) is 5.66. The number of nitrogens with two attached hydrogens (primary N) is 1. The fourth-order valence-corrected chi connectivity index (χ4v) is 2.37. The molecule has 4 nitrogen and oxygen atoms in total. The minimum Gasteiger partial charge on any atom is -0.381 e. The second kappa shape index (κ2) is 7.26. The lowest BCUT2D eigenvalue weighted by Gasteiger charge is -2.33. The van der Waals surface area contributed by atoms with Crippen LogP contribution in [-0.2, 0) is 4.74 Å². The molecule has 1 aliphatic heterocycles. The summed E-state index contributed by atoms with van der Waals surface area (Å²) in [6.45, 7) is 4.67. The molecule has 0 atom stereocenters. The Morgan fingerprint density at radius 2 is 2.10 bits per heavy atom. The number of nitrogens with one attached hydrogen (secondary N) is 1. The number of ether oxygens (including phenoxy) is 1. The third-order valence-corrected chi connectivity index (χ3v) is 3.87.